The van der Waals surface area contributed by atoms with Crippen LogP contribution in [0.4, 0.5) is 5.69 Å². The zero-order valence-corrected chi connectivity index (χ0v) is 12.4. The van der Waals surface area contributed by atoms with Gasteiger partial charge in [0.25, 0.3) is 0 Å². The van der Waals surface area contributed by atoms with Gasteiger partial charge < -0.3 is 15.4 Å². The van der Waals surface area contributed by atoms with Gasteiger partial charge in [-0.2, -0.15) is 0 Å². The summed E-state index contributed by atoms with van der Waals surface area (Å²) >= 11 is 3.57. The fourth-order valence-electron chi connectivity index (χ4n) is 2.42. The first kappa shape index (κ1) is 13.8. The first-order chi connectivity index (χ1) is 8.72. The average Bonchev–Trinajstić information content (AvgIpc) is 2.40. The van der Waals surface area contributed by atoms with Crippen molar-refractivity contribution >= 4 is 21.6 Å². The number of morpholine rings is 1. The summed E-state index contributed by atoms with van der Waals surface area (Å²) in [5, 5.41) is 0. The molecule has 100 valence electrons. The van der Waals surface area contributed by atoms with Crippen molar-refractivity contribution in [2.45, 2.75) is 19.3 Å². The molecule has 0 bridgehead atoms. The standard InChI is InChI=1S/C14H21BrN2O/c1-11(4-5-16)13-10-12(15)2-3-14(13)17-6-8-18-9-7-17/h2-3,10-11H,4-9,16H2,1H3. The Bertz CT molecular complexity index is 391. The van der Waals surface area contributed by atoms with Crippen molar-refractivity contribution in [3.63, 3.8) is 0 Å². The Kier molecular flexibility index (Phi) is 5.03. The highest BCUT2D eigenvalue weighted by atomic mass is 79.9. The van der Waals surface area contributed by atoms with Crippen LogP contribution in [0.3, 0.4) is 0 Å². The Morgan fingerprint density at radius 2 is 2.11 bits per heavy atom. The third-order valence-corrected chi connectivity index (χ3v) is 3.97. The quantitative estimate of drug-likeness (QED) is 0.929. The molecule has 18 heavy (non-hydrogen) atoms. The summed E-state index contributed by atoms with van der Waals surface area (Å²) in [7, 11) is 0. The number of halogens is 1. The van der Waals surface area contributed by atoms with Crippen LogP contribution in [0.25, 0.3) is 0 Å². The predicted molar refractivity (Wildman–Crippen MR) is 79.3 cm³/mol. The number of anilines is 1. The molecule has 3 nitrogen and oxygen atoms in total. The molecule has 4 heteroatoms. The van der Waals surface area contributed by atoms with E-state index in [0.717, 1.165) is 43.7 Å². The number of nitrogens with zero attached hydrogens (tertiary/aromatic N) is 1. The Morgan fingerprint density at radius 1 is 1.39 bits per heavy atom. The largest absolute Gasteiger partial charge is 0.378 e. The average molecular weight is 313 g/mol. The molecule has 0 saturated carbocycles. The molecule has 1 fully saturated rings. The minimum Gasteiger partial charge on any atom is -0.378 e. The molecular formula is C14H21BrN2O. The van der Waals surface area contributed by atoms with E-state index in [2.05, 4.69) is 46.0 Å². The summed E-state index contributed by atoms with van der Waals surface area (Å²) in [6.07, 6.45) is 1.02. The van der Waals surface area contributed by atoms with Gasteiger partial charge in [0.05, 0.1) is 13.2 Å². The fraction of sp³-hybridized carbons (Fsp3) is 0.571. The summed E-state index contributed by atoms with van der Waals surface area (Å²) in [6, 6.07) is 6.55. The van der Waals surface area contributed by atoms with E-state index < -0.39 is 0 Å². The van der Waals surface area contributed by atoms with Gasteiger partial charge in [0.2, 0.25) is 0 Å². The van der Waals surface area contributed by atoms with E-state index in [-0.39, 0.29) is 0 Å². The summed E-state index contributed by atoms with van der Waals surface area (Å²) in [6.45, 7) is 6.57. The van der Waals surface area contributed by atoms with Crippen LogP contribution >= 0.6 is 15.9 Å². The molecule has 0 aliphatic carbocycles. The van der Waals surface area contributed by atoms with Crippen LogP contribution in [-0.2, 0) is 4.74 Å². The molecule has 0 spiro atoms. The second kappa shape index (κ2) is 6.55. The molecule has 2 N–H and O–H groups in total. The predicted octanol–water partition coefficient (Wildman–Crippen LogP) is 2.74. The van der Waals surface area contributed by atoms with Crippen molar-refractivity contribution in [3.05, 3.63) is 28.2 Å². The molecule has 0 aromatic heterocycles. The molecule has 1 aromatic rings. The third kappa shape index (κ3) is 3.25. The van der Waals surface area contributed by atoms with Crippen LogP contribution in [0.2, 0.25) is 0 Å². The topological polar surface area (TPSA) is 38.5 Å². The van der Waals surface area contributed by atoms with Crippen molar-refractivity contribution in [1.82, 2.24) is 0 Å². The van der Waals surface area contributed by atoms with Crippen molar-refractivity contribution in [2.24, 2.45) is 5.73 Å². The minimum absolute atomic E-state index is 0.491. The van der Waals surface area contributed by atoms with Gasteiger partial charge in [0, 0.05) is 23.2 Å². The third-order valence-electron chi connectivity index (χ3n) is 3.47. The molecule has 1 saturated heterocycles. The Balaban J connectivity index is 2.27. The highest BCUT2D eigenvalue weighted by Gasteiger charge is 2.17. The summed E-state index contributed by atoms with van der Waals surface area (Å²) in [5.74, 6) is 0.491. The first-order valence-corrected chi connectivity index (χ1v) is 7.34. The van der Waals surface area contributed by atoms with Gasteiger partial charge in [-0.05, 0) is 42.6 Å². The van der Waals surface area contributed by atoms with E-state index in [1.807, 2.05) is 0 Å². The first-order valence-electron chi connectivity index (χ1n) is 6.54. The normalized spacial score (nSPS) is 17.8. The van der Waals surface area contributed by atoms with Gasteiger partial charge in [0.1, 0.15) is 0 Å². The van der Waals surface area contributed by atoms with Gasteiger partial charge in [0.15, 0.2) is 0 Å². The lowest BCUT2D eigenvalue weighted by atomic mass is 9.95. The number of hydrogen-bond acceptors (Lipinski definition) is 3. The molecule has 1 atom stereocenters. The molecule has 1 heterocycles. The maximum atomic E-state index is 5.69. The zero-order chi connectivity index (χ0) is 13.0. The second-order valence-electron chi connectivity index (χ2n) is 4.78. The Morgan fingerprint density at radius 3 is 2.78 bits per heavy atom. The van der Waals surface area contributed by atoms with Crippen molar-refractivity contribution in [3.8, 4) is 0 Å². The van der Waals surface area contributed by atoms with E-state index in [1.165, 1.54) is 11.3 Å². The minimum atomic E-state index is 0.491. The van der Waals surface area contributed by atoms with Crippen LogP contribution in [0, 0.1) is 0 Å². The number of hydrogen-bond donors (Lipinski definition) is 1. The second-order valence-corrected chi connectivity index (χ2v) is 5.70. The number of nitrogens with two attached hydrogens (primary N) is 1. The van der Waals surface area contributed by atoms with E-state index in [1.54, 1.807) is 0 Å². The highest BCUT2D eigenvalue weighted by molar-refractivity contribution is 9.10. The fourth-order valence-corrected chi connectivity index (χ4v) is 2.80. The van der Waals surface area contributed by atoms with Crippen LogP contribution in [0.1, 0.15) is 24.8 Å². The van der Waals surface area contributed by atoms with Crippen LogP contribution in [0.5, 0.6) is 0 Å². The molecule has 1 aliphatic rings. The number of benzene rings is 1. The SMILES string of the molecule is CC(CCN)c1cc(Br)ccc1N1CCOCC1. The van der Waals surface area contributed by atoms with Crippen molar-refractivity contribution in [2.75, 3.05) is 37.7 Å². The van der Waals surface area contributed by atoms with Crippen LogP contribution in [-0.4, -0.2) is 32.8 Å². The van der Waals surface area contributed by atoms with Gasteiger partial charge in [-0.1, -0.05) is 22.9 Å². The smallest absolute Gasteiger partial charge is 0.0642 e. The van der Waals surface area contributed by atoms with Gasteiger partial charge in [-0.15, -0.1) is 0 Å². The zero-order valence-electron chi connectivity index (χ0n) is 10.9. The van der Waals surface area contributed by atoms with E-state index in [9.17, 15) is 0 Å². The maximum Gasteiger partial charge on any atom is 0.0642 e. The van der Waals surface area contributed by atoms with Gasteiger partial charge in [-0.3, -0.25) is 0 Å². The van der Waals surface area contributed by atoms with Gasteiger partial charge in [-0.25, -0.2) is 0 Å². The molecule has 0 radical (unpaired) electrons. The molecule has 2 rings (SSSR count). The number of ether oxygens (including phenoxy) is 1. The molecule has 1 aromatic carbocycles. The maximum absolute atomic E-state index is 5.69. The Hall–Kier alpha value is -0.580. The Labute approximate surface area is 117 Å². The lowest BCUT2D eigenvalue weighted by molar-refractivity contribution is 0.122. The van der Waals surface area contributed by atoms with Crippen LogP contribution in [0.15, 0.2) is 22.7 Å². The van der Waals surface area contributed by atoms with E-state index in [0.29, 0.717) is 5.92 Å². The molecular weight excluding hydrogens is 292 g/mol. The molecule has 0 amide bonds. The number of rotatable bonds is 4. The molecule has 1 aliphatic heterocycles. The van der Waals surface area contributed by atoms with E-state index in [4.69, 9.17) is 10.5 Å². The summed E-state index contributed by atoms with van der Waals surface area (Å²) in [4.78, 5) is 2.41. The molecule has 1 unspecified atom stereocenters. The van der Waals surface area contributed by atoms with Crippen LogP contribution < -0.4 is 10.6 Å². The highest BCUT2D eigenvalue weighted by Crippen LogP contribution is 2.32. The summed E-state index contributed by atoms with van der Waals surface area (Å²) in [5.41, 5.74) is 8.41. The van der Waals surface area contributed by atoms with Gasteiger partial charge >= 0.3 is 0 Å². The lowest BCUT2D eigenvalue weighted by Gasteiger charge is -2.32. The van der Waals surface area contributed by atoms with E-state index >= 15 is 0 Å². The monoisotopic (exact) mass is 312 g/mol. The lowest BCUT2D eigenvalue weighted by Crippen LogP contribution is -2.37. The van der Waals surface area contributed by atoms with Crippen molar-refractivity contribution < 1.29 is 4.74 Å². The van der Waals surface area contributed by atoms with Crippen molar-refractivity contribution in [1.29, 1.82) is 0 Å². The summed E-state index contributed by atoms with van der Waals surface area (Å²) < 4.78 is 6.56.